The molecule has 9 heteroatoms. The van der Waals surface area contributed by atoms with E-state index in [4.69, 9.17) is 9.47 Å². The summed E-state index contributed by atoms with van der Waals surface area (Å²) in [5.41, 5.74) is 0.239. The van der Waals surface area contributed by atoms with Crippen LogP contribution in [0, 0.1) is 5.92 Å². The maximum absolute atomic E-state index is 12.8. The second-order valence-electron chi connectivity index (χ2n) is 6.57. The topological polar surface area (TPSA) is 108 Å². The van der Waals surface area contributed by atoms with Gasteiger partial charge in [-0.05, 0) is 49.1 Å². The summed E-state index contributed by atoms with van der Waals surface area (Å²) in [5.74, 6) is 0.147. The molecule has 1 aliphatic carbocycles. The molecule has 1 saturated carbocycles. The maximum atomic E-state index is 12.8. The van der Waals surface area contributed by atoms with E-state index >= 15 is 0 Å². The van der Waals surface area contributed by atoms with Crippen molar-refractivity contribution in [3.8, 4) is 11.6 Å². The molecule has 1 amide bonds. The molecule has 0 unspecified atom stereocenters. The number of esters is 1. The summed E-state index contributed by atoms with van der Waals surface area (Å²) in [6, 6.07) is 8.23. The fraction of sp³-hybridized carbons (Fsp3) is 0.250. The highest BCUT2D eigenvalue weighted by Gasteiger charge is 2.25. The highest BCUT2D eigenvalue weighted by Crippen LogP contribution is 2.29. The summed E-state index contributed by atoms with van der Waals surface area (Å²) < 4.78 is 12.1. The summed E-state index contributed by atoms with van der Waals surface area (Å²) >= 11 is 0. The molecule has 1 aliphatic rings. The van der Waals surface area contributed by atoms with E-state index in [0.717, 1.165) is 12.8 Å². The number of hydrogen-bond acceptors (Lipinski definition) is 7. The Bertz CT molecular complexity index is 1030. The Morgan fingerprint density at radius 3 is 2.79 bits per heavy atom. The molecule has 0 saturated heterocycles. The van der Waals surface area contributed by atoms with E-state index in [9.17, 15) is 9.59 Å². The lowest BCUT2D eigenvalue weighted by Crippen LogP contribution is -2.20. The zero-order chi connectivity index (χ0) is 20.2. The first-order chi connectivity index (χ1) is 14.2. The number of carbonyl (C=O) groups is 2. The number of hydrogen-bond donors (Lipinski definition) is 1. The first kappa shape index (κ1) is 18.6. The van der Waals surface area contributed by atoms with Crippen molar-refractivity contribution in [3.63, 3.8) is 0 Å². The first-order valence-electron chi connectivity index (χ1n) is 9.14. The Hall–Kier alpha value is -3.75. The van der Waals surface area contributed by atoms with Gasteiger partial charge in [0.05, 0.1) is 13.7 Å². The van der Waals surface area contributed by atoms with E-state index in [2.05, 4.69) is 20.4 Å². The van der Waals surface area contributed by atoms with Crippen molar-refractivity contribution in [2.75, 3.05) is 19.0 Å². The van der Waals surface area contributed by atoms with Crippen molar-refractivity contribution in [2.45, 2.75) is 12.8 Å². The van der Waals surface area contributed by atoms with Gasteiger partial charge < -0.3 is 14.8 Å². The van der Waals surface area contributed by atoms with Gasteiger partial charge in [0.1, 0.15) is 17.1 Å². The molecule has 29 heavy (non-hydrogen) atoms. The largest absolute Gasteiger partial charge is 0.494 e. The number of nitrogens with zero attached hydrogens (tertiary/aromatic N) is 4. The van der Waals surface area contributed by atoms with Crippen molar-refractivity contribution in [1.29, 1.82) is 0 Å². The molecular weight excluding hydrogens is 374 g/mol. The van der Waals surface area contributed by atoms with Crippen LogP contribution < -0.4 is 10.1 Å². The van der Waals surface area contributed by atoms with Gasteiger partial charge in [0.2, 0.25) is 0 Å². The highest BCUT2D eigenvalue weighted by molar-refractivity contribution is 6.07. The third kappa shape index (κ3) is 4.23. The number of aromatic nitrogens is 4. The summed E-state index contributed by atoms with van der Waals surface area (Å²) in [5, 5.41) is 6.78. The third-order valence-corrected chi connectivity index (χ3v) is 4.42. The van der Waals surface area contributed by atoms with Crippen LogP contribution in [0.3, 0.4) is 0 Å². The van der Waals surface area contributed by atoms with Gasteiger partial charge in [-0.2, -0.15) is 5.10 Å². The average Bonchev–Trinajstić information content (AvgIpc) is 3.42. The lowest BCUT2D eigenvalue weighted by Gasteiger charge is -2.12. The fourth-order valence-corrected chi connectivity index (χ4v) is 2.69. The normalized spacial score (nSPS) is 13.0. The summed E-state index contributed by atoms with van der Waals surface area (Å²) in [4.78, 5) is 33.8. The van der Waals surface area contributed by atoms with Crippen LogP contribution in [0.15, 0.2) is 48.9 Å². The van der Waals surface area contributed by atoms with Gasteiger partial charge in [0.15, 0.2) is 11.5 Å². The third-order valence-electron chi connectivity index (χ3n) is 4.42. The van der Waals surface area contributed by atoms with Crippen molar-refractivity contribution >= 4 is 17.7 Å². The zero-order valence-electron chi connectivity index (χ0n) is 15.7. The number of rotatable bonds is 7. The number of methoxy groups -OCH3 is 1. The van der Waals surface area contributed by atoms with Gasteiger partial charge in [-0.15, -0.1) is 0 Å². The number of carbonyl (C=O) groups excluding carboxylic acids is 2. The lowest BCUT2D eigenvalue weighted by molar-refractivity contribution is 0.0487. The molecule has 1 N–H and O–H groups in total. The molecule has 0 spiro atoms. The van der Waals surface area contributed by atoms with Crippen LogP contribution in [0.2, 0.25) is 0 Å². The van der Waals surface area contributed by atoms with E-state index < -0.39 is 11.9 Å². The van der Waals surface area contributed by atoms with Gasteiger partial charge in [-0.1, -0.05) is 0 Å². The van der Waals surface area contributed by atoms with E-state index in [1.807, 2.05) is 0 Å². The van der Waals surface area contributed by atoms with Crippen molar-refractivity contribution in [1.82, 2.24) is 19.7 Å². The lowest BCUT2D eigenvalue weighted by atomic mass is 10.2. The highest BCUT2D eigenvalue weighted by atomic mass is 16.5. The minimum atomic E-state index is -0.552. The van der Waals surface area contributed by atoms with Gasteiger partial charge in [-0.25, -0.2) is 19.4 Å². The van der Waals surface area contributed by atoms with Crippen LogP contribution in [0.1, 0.15) is 33.7 Å². The standard InChI is InChI=1S/C20H19N5O4/c1-28-15-4-2-9-21-17(15)19(26)24-18-14(20(27)29-12-13-5-6-13)7-8-16(23-18)25-11-3-10-22-25/h2-4,7-11,13H,5-6,12H2,1H3,(H,23,24,26). The minimum Gasteiger partial charge on any atom is -0.494 e. The quantitative estimate of drug-likeness (QED) is 0.614. The minimum absolute atomic E-state index is 0.0662. The molecule has 148 valence electrons. The number of anilines is 1. The zero-order valence-corrected chi connectivity index (χ0v) is 15.7. The molecule has 0 atom stereocenters. The van der Waals surface area contributed by atoms with Crippen LogP contribution >= 0.6 is 0 Å². The van der Waals surface area contributed by atoms with Gasteiger partial charge in [0, 0.05) is 18.6 Å². The number of pyridine rings is 2. The number of amides is 1. The molecule has 0 aromatic carbocycles. The van der Waals surface area contributed by atoms with Crippen molar-refractivity contribution in [2.24, 2.45) is 5.92 Å². The smallest absolute Gasteiger partial charge is 0.341 e. The molecule has 3 aromatic heterocycles. The number of nitrogens with one attached hydrogen (secondary N) is 1. The van der Waals surface area contributed by atoms with Crippen LogP contribution in [-0.4, -0.2) is 45.3 Å². The van der Waals surface area contributed by atoms with E-state index in [-0.39, 0.29) is 17.1 Å². The van der Waals surface area contributed by atoms with E-state index in [1.54, 1.807) is 42.7 Å². The Morgan fingerprint density at radius 1 is 1.21 bits per heavy atom. The molecule has 0 bridgehead atoms. The molecule has 4 rings (SSSR count). The van der Waals surface area contributed by atoms with Gasteiger partial charge in [0.25, 0.3) is 5.91 Å². The second-order valence-corrected chi connectivity index (χ2v) is 6.57. The summed E-state index contributed by atoms with van der Waals surface area (Å²) in [7, 11) is 1.45. The van der Waals surface area contributed by atoms with Crippen LogP contribution in [0.5, 0.6) is 5.75 Å². The van der Waals surface area contributed by atoms with Crippen LogP contribution in [0.4, 0.5) is 5.82 Å². The molecule has 3 heterocycles. The van der Waals surface area contributed by atoms with Gasteiger partial charge in [-0.3, -0.25) is 4.79 Å². The Morgan fingerprint density at radius 2 is 2.07 bits per heavy atom. The maximum Gasteiger partial charge on any atom is 0.341 e. The Kier molecular flexibility index (Phi) is 5.19. The average molecular weight is 393 g/mol. The Labute approximate surface area is 166 Å². The van der Waals surface area contributed by atoms with Crippen molar-refractivity contribution < 1.29 is 19.1 Å². The molecular formula is C20H19N5O4. The second kappa shape index (κ2) is 8.09. The monoisotopic (exact) mass is 393 g/mol. The van der Waals surface area contributed by atoms with Gasteiger partial charge >= 0.3 is 5.97 Å². The van der Waals surface area contributed by atoms with Crippen LogP contribution in [-0.2, 0) is 4.74 Å². The van der Waals surface area contributed by atoms with Crippen molar-refractivity contribution in [3.05, 3.63) is 60.2 Å². The fourth-order valence-electron chi connectivity index (χ4n) is 2.69. The predicted molar refractivity (Wildman–Crippen MR) is 103 cm³/mol. The van der Waals surface area contributed by atoms with E-state index in [0.29, 0.717) is 24.1 Å². The SMILES string of the molecule is COc1cccnc1C(=O)Nc1nc(-n2cccn2)ccc1C(=O)OCC1CC1. The molecule has 3 aromatic rings. The summed E-state index contributed by atoms with van der Waals surface area (Å²) in [6.07, 6.45) is 6.92. The first-order valence-corrected chi connectivity index (χ1v) is 9.14. The Balaban J connectivity index is 1.65. The number of ether oxygens (including phenoxy) is 2. The van der Waals surface area contributed by atoms with E-state index in [1.165, 1.54) is 18.0 Å². The molecule has 0 radical (unpaired) electrons. The molecule has 0 aliphatic heterocycles. The molecule has 1 fully saturated rings. The summed E-state index contributed by atoms with van der Waals surface area (Å²) in [6.45, 7) is 0.362. The van der Waals surface area contributed by atoms with Crippen LogP contribution in [0.25, 0.3) is 5.82 Å². The predicted octanol–water partition coefficient (Wildman–Crippen LogP) is 2.49. The molecule has 9 nitrogen and oxygen atoms in total.